The smallest absolute Gasteiger partial charge is 0.224 e. The lowest BCUT2D eigenvalue weighted by Gasteiger charge is -2.30. The van der Waals surface area contributed by atoms with Gasteiger partial charge in [-0.05, 0) is 43.2 Å². The van der Waals surface area contributed by atoms with Crippen molar-refractivity contribution in [3.8, 4) is 10.4 Å². The number of nitrogens with two attached hydrogens (primary N) is 1. The Bertz CT molecular complexity index is 939. The number of rotatable bonds is 6. The standard InChI is InChI=1S/C24H33N3O3S.ClH/c1-13(15-6-8-16(9-7-15)21-14(2)26-12-31-21)27-23(30)19-11-17(28)10-18(19)20(29)22(25)24(3,4)5;/h6-9,12-13,17-19,22,28H,10-11,25H2,1-5H3,(H,27,30);1H/t13-,17-,18?,19+,22+;/m0./s1. The summed E-state index contributed by atoms with van der Waals surface area (Å²) in [5.74, 6) is -1.45. The first-order valence-corrected chi connectivity index (χ1v) is 11.6. The highest BCUT2D eigenvalue weighted by Crippen LogP contribution is 2.36. The van der Waals surface area contributed by atoms with Crippen LogP contribution in [-0.4, -0.2) is 33.9 Å². The highest BCUT2D eigenvalue weighted by molar-refractivity contribution is 7.13. The summed E-state index contributed by atoms with van der Waals surface area (Å²) >= 11 is 1.60. The topological polar surface area (TPSA) is 105 Å². The molecule has 0 aliphatic heterocycles. The van der Waals surface area contributed by atoms with Gasteiger partial charge in [-0.15, -0.1) is 23.7 Å². The number of aliphatic hydroxyl groups excluding tert-OH is 1. The van der Waals surface area contributed by atoms with Crippen LogP contribution in [-0.2, 0) is 9.59 Å². The molecule has 0 radical (unpaired) electrons. The third-order valence-electron chi connectivity index (χ3n) is 6.26. The molecule has 0 saturated heterocycles. The largest absolute Gasteiger partial charge is 0.393 e. The monoisotopic (exact) mass is 479 g/mol. The van der Waals surface area contributed by atoms with E-state index in [1.807, 2.05) is 64.4 Å². The molecule has 1 aliphatic carbocycles. The summed E-state index contributed by atoms with van der Waals surface area (Å²) < 4.78 is 0. The molecule has 4 N–H and O–H groups in total. The van der Waals surface area contributed by atoms with E-state index in [1.165, 1.54) is 0 Å². The number of benzene rings is 1. The lowest BCUT2D eigenvalue weighted by atomic mass is 9.78. The van der Waals surface area contributed by atoms with Crippen molar-refractivity contribution in [2.45, 2.75) is 65.6 Å². The summed E-state index contributed by atoms with van der Waals surface area (Å²) in [4.78, 5) is 31.4. The van der Waals surface area contributed by atoms with Gasteiger partial charge in [-0.2, -0.15) is 0 Å². The van der Waals surface area contributed by atoms with Gasteiger partial charge in [0.1, 0.15) is 0 Å². The number of carbonyl (C=O) groups is 2. The molecule has 6 nitrogen and oxygen atoms in total. The predicted molar refractivity (Wildman–Crippen MR) is 131 cm³/mol. The van der Waals surface area contributed by atoms with Crippen molar-refractivity contribution < 1.29 is 14.7 Å². The SMILES string of the molecule is Cc1ncsc1-c1ccc([C@H](C)NC(=O)[C@@H]2C[C@@H](O)CC2C(=O)[C@@H](N)C(C)(C)C)cc1.Cl. The molecule has 1 amide bonds. The minimum absolute atomic E-state index is 0. The second kappa shape index (κ2) is 10.4. The van der Waals surface area contributed by atoms with Crippen molar-refractivity contribution in [3.63, 3.8) is 0 Å². The van der Waals surface area contributed by atoms with Gasteiger partial charge in [-0.1, -0.05) is 45.0 Å². The van der Waals surface area contributed by atoms with Gasteiger partial charge in [0.05, 0.1) is 40.2 Å². The average Bonchev–Trinajstić information content (AvgIpc) is 3.31. The van der Waals surface area contributed by atoms with Crippen LogP contribution in [0.4, 0.5) is 0 Å². The summed E-state index contributed by atoms with van der Waals surface area (Å²) in [5.41, 5.74) is 10.7. The second-order valence-corrected chi connectivity index (χ2v) is 10.6. The van der Waals surface area contributed by atoms with Crippen molar-refractivity contribution in [1.82, 2.24) is 10.3 Å². The fourth-order valence-electron chi connectivity index (χ4n) is 4.18. The van der Waals surface area contributed by atoms with Gasteiger partial charge in [0.15, 0.2) is 5.78 Å². The lowest BCUT2D eigenvalue weighted by Crippen LogP contribution is -2.48. The van der Waals surface area contributed by atoms with E-state index in [1.54, 1.807) is 11.3 Å². The molecule has 1 unspecified atom stereocenters. The first-order chi connectivity index (χ1) is 14.5. The highest BCUT2D eigenvalue weighted by Gasteiger charge is 2.45. The molecule has 2 aromatic rings. The van der Waals surface area contributed by atoms with E-state index in [2.05, 4.69) is 10.3 Å². The first kappa shape index (κ1) is 26.5. The number of ketones is 1. The average molecular weight is 480 g/mol. The van der Waals surface area contributed by atoms with Crippen molar-refractivity contribution in [1.29, 1.82) is 0 Å². The molecule has 1 fully saturated rings. The number of aryl methyl sites for hydroxylation is 1. The van der Waals surface area contributed by atoms with Crippen LogP contribution in [0.3, 0.4) is 0 Å². The predicted octanol–water partition coefficient (Wildman–Crippen LogP) is 4.05. The number of carbonyl (C=O) groups excluding carboxylic acids is 2. The number of aliphatic hydroxyl groups is 1. The van der Waals surface area contributed by atoms with Gasteiger partial charge in [-0.3, -0.25) is 9.59 Å². The third kappa shape index (κ3) is 5.76. The number of thiazole rings is 1. The van der Waals surface area contributed by atoms with Gasteiger partial charge in [0, 0.05) is 5.92 Å². The van der Waals surface area contributed by atoms with Crippen molar-refractivity contribution in [2.75, 3.05) is 0 Å². The molecule has 1 aliphatic rings. The number of halogens is 1. The highest BCUT2D eigenvalue weighted by atomic mass is 35.5. The Morgan fingerprint density at radius 3 is 2.31 bits per heavy atom. The maximum absolute atomic E-state index is 13.0. The fraction of sp³-hybridized carbons (Fsp3) is 0.542. The van der Waals surface area contributed by atoms with Gasteiger partial charge >= 0.3 is 0 Å². The van der Waals surface area contributed by atoms with E-state index >= 15 is 0 Å². The molecule has 5 atom stereocenters. The van der Waals surface area contributed by atoms with Crippen molar-refractivity contribution in [3.05, 3.63) is 41.0 Å². The van der Waals surface area contributed by atoms with Crippen LogP contribution in [0.2, 0.25) is 0 Å². The maximum atomic E-state index is 13.0. The Morgan fingerprint density at radius 2 is 1.78 bits per heavy atom. The zero-order chi connectivity index (χ0) is 22.9. The molecule has 3 rings (SSSR count). The summed E-state index contributed by atoms with van der Waals surface area (Å²) in [6.07, 6.45) is -0.0815. The van der Waals surface area contributed by atoms with Crippen LogP contribution in [0.5, 0.6) is 0 Å². The summed E-state index contributed by atoms with van der Waals surface area (Å²) in [5, 5.41) is 13.2. The van der Waals surface area contributed by atoms with Crippen LogP contribution in [0, 0.1) is 24.2 Å². The van der Waals surface area contributed by atoms with Crippen LogP contribution < -0.4 is 11.1 Å². The molecule has 1 aromatic carbocycles. The molecular formula is C24H34ClN3O3S. The van der Waals surface area contributed by atoms with E-state index in [9.17, 15) is 14.7 Å². The van der Waals surface area contributed by atoms with Crippen LogP contribution in [0.25, 0.3) is 10.4 Å². The molecule has 0 spiro atoms. The van der Waals surface area contributed by atoms with Gasteiger partial charge in [0.25, 0.3) is 0 Å². The summed E-state index contributed by atoms with van der Waals surface area (Å²) in [7, 11) is 0. The van der Waals surface area contributed by atoms with Crippen LogP contribution in [0.15, 0.2) is 29.8 Å². The number of aromatic nitrogens is 1. The van der Waals surface area contributed by atoms with E-state index in [-0.39, 0.29) is 43.0 Å². The Hall–Kier alpha value is -1.80. The second-order valence-electron chi connectivity index (χ2n) is 9.70. The molecule has 0 bridgehead atoms. The number of amides is 1. The van der Waals surface area contributed by atoms with Crippen LogP contribution >= 0.6 is 23.7 Å². The van der Waals surface area contributed by atoms with Gasteiger partial charge in [-0.25, -0.2) is 4.98 Å². The van der Waals surface area contributed by atoms with E-state index in [0.29, 0.717) is 0 Å². The summed E-state index contributed by atoms with van der Waals surface area (Å²) in [6.45, 7) is 9.65. The Labute approximate surface area is 200 Å². The number of nitrogens with one attached hydrogen (secondary N) is 1. The number of Topliss-reactive ketones (excluding diaryl/α,β-unsaturated/α-hetero) is 1. The molecule has 1 aromatic heterocycles. The molecule has 176 valence electrons. The number of nitrogens with zero attached hydrogens (tertiary/aromatic N) is 1. The fourth-order valence-corrected chi connectivity index (χ4v) is 4.99. The van der Waals surface area contributed by atoms with Gasteiger partial charge < -0.3 is 16.2 Å². The number of hydrogen-bond acceptors (Lipinski definition) is 6. The Kier molecular flexibility index (Phi) is 8.62. The van der Waals surface area contributed by atoms with E-state index < -0.39 is 29.4 Å². The summed E-state index contributed by atoms with van der Waals surface area (Å²) in [6, 6.07) is 7.19. The molecular weight excluding hydrogens is 446 g/mol. The lowest BCUT2D eigenvalue weighted by molar-refractivity contribution is -0.134. The Balaban J connectivity index is 0.00000363. The quantitative estimate of drug-likeness (QED) is 0.579. The molecule has 1 heterocycles. The Morgan fingerprint density at radius 1 is 1.19 bits per heavy atom. The minimum Gasteiger partial charge on any atom is -0.393 e. The molecule has 1 saturated carbocycles. The molecule has 8 heteroatoms. The van der Waals surface area contributed by atoms with Crippen molar-refractivity contribution >= 4 is 35.4 Å². The normalized spacial score (nSPS) is 22.7. The minimum atomic E-state index is -0.668. The molecule has 32 heavy (non-hydrogen) atoms. The maximum Gasteiger partial charge on any atom is 0.224 e. The van der Waals surface area contributed by atoms with Crippen molar-refractivity contribution in [2.24, 2.45) is 23.0 Å². The van der Waals surface area contributed by atoms with E-state index in [0.717, 1.165) is 21.7 Å². The number of hydrogen-bond donors (Lipinski definition) is 3. The zero-order valence-corrected chi connectivity index (χ0v) is 20.9. The van der Waals surface area contributed by atoms with Crippen LogP contribution in [0.1, 0.15) is 57.8 Å². The first-order valence-electron chi connectivity index (χ1n) is 10.8. The third-order valence-corrected chi connectivity index (χ3v) is 7.23. The zero-order valence-electron chi connectivity index (χ0n) is 19.3. The van der Waals surface area contributed by atoms with Gasteiger partial charge in [0.2, 0.25) is 5.91 Å². The van der Waals surface area contributed by atoms with E-state index in [4.69, 9.17) is 5.73 Å².